The highest BCUT2D eigenvalue weighted by Crippen LogP contribution is 2.26. The number of sulfonamides is 1. The Balaban J connectivity index is 1.69. The fourth-order valence-electron chi connectivity index (χ4n) is 3.13. The van der Waals surface area contributed by atoms with Crippen LogP contribution in [0.4, 0.5) is 11.4 Å². The van der Waals surface area contributed by atoms with Crippen LogP contribution in [-0.4, -0.2) is 27.5 Å². The zero-order valence-electron chi connectivity index (χ0n) is 19.9. The van der Waals surface area contributed by atoms with E-state index in [4.69, 9.17) is 9.47 Å². The summed E-state index contributed by atoms with van der Waals surface area (Å²) < 4.78 is 40.0. The molecule has 0 heterocycles. The van der Waals surface area contributed by atoms with Crippen LogP contribution in [0.1, 0.15) is 37.6 Å². The number of carbonyl (C=O) groups is 1. The third-order valence-electron chi connectivity index (χ3n) is 4.98. The highest BCUT2D eigenvalue weighted by Gasteiger charge is 2.17. The van der Waals surface area contributed by atoms with Crippen LogP contribution in [0, 0.1) is 5.92 Å². The second-order valence-electron chi connectivity index (χ2n) is 8.21. The van der Waals surface area contributed by atoms with Crippen molar-refractivity contribution in [1.82, 2.24) is 0 Å². The molecule has 3 aromatic rings. The molecule has 3 aromatic carbocycles. The summed E-state index contributed by atoms with van der Waals surface area (Å²) in [4.78, 5) is 13.0. The average molecular weight is 561 g/mol. The topological polar surface area (TPSA) is 93.7 Å². The molecule has 0 saturated carbocycles. The molecule has 0 saturated heterocycles. The normalized spacial score (nSPS) is 11.2. The average Bonchev–Trinajstić information content (AvgIpc) is 2.81. The number of amides is 1. The summed E-state index contributed by atoms with van der Waals surface area (Å²) in [6, 6.07) is 17.9. The molecule has 0 atom stereocenters. The van der Waals surface area contributed by atoms with E-state index in [-0.39, 0.29) is 10.8 Å². The third-order valence-corrected chi connectivity index (χ3v) is 6.87. The summed E-state index contributed by atoms with van der Waals surface area (Å²) in [7, 11) is -3.80. The van der Waals surface area contributed by atoms with E-state index in [0.717, 1.165) is 10.9 Å². The van der Waals surface area contributed by atoms with Crippen LogP contribution in [0.15, 0.2) is 76.1 Å². The third kappa shape index (κ3) is 7.73. The van der Waals surface area contributed by atoms with Crippen molar-refractivity contribution >= 4 is 43.2 Å². The van der Waals surface area contributed by atoms with Crippen LogP contribution in [-0.2, 0) is 10.0 Å². The molecule has 9 heteroatoms. The number of hydrogen-bond acceptors (Lipinski definition) is 5. The molecule has 7 nitrogen and oxygen atoms in total. The fourth-order valence-corrected chi connectivity index (χ4v) is 4.55. The highest BCUT2D eigenvalue weighted by atomic mass is 79.9. The maximum atomic E-state index is 12.9. The van der Waals surface area contributed by atoms with E-state index in [2.05, 4.69) is 39.8 Å². The quantitative estimate of drug-likeness (QED) is 0.286. The van der Waals surface area contributed by atoms with Crippen molar-refractivity contribution in [2.75, 3.05) is 23.3 Å². The Bertz CT molecular complexity index is 1240. The van der Waals surface area contributed by atoms with E-state index < -0.39 is 10.0 Å². The first-order chi connectivity index (χ1) is 16.7. The smallest absolute Gasteiger partial charge is 0.261 e. The van der Waals surface area contributed by atoms with Gasteiger partial charge in [-0.3, -0.25) is 9.52 Å². The predicted molar refractivity (Wildman–Crippen MR) is 142 cm³/mol. The molecule has 0 aromatic heterocycles. The van der Waals surface area contributed by atoms with Gasteiger partial charge in [-0.15, -0.1) is 0 Å². The lowest BCUT2D eigenvalue weighted by Crippen LogP contribution is -2.15. The number of halogens is 1. The van der Waals surface area contributed by atoms with Gasteiger partial charge in [0.2, 0.25) is 0 Å². The molecule has 0 aliphatic carbocycles. The predicted octanol–water partition coefficient (Wildman–Crippen LogP) is 6.33. The van der Waals surface area contributed by atoms with Gasteiger partial charge < -0.3 is 14.8 Å². The van der Waals surface area contributed by atoms with Crippen LogP contribution >= 0.6 is 15.9 Å². The van der Waals surface area contributed by atoms with Crippen molar-refractivity contribution in [3.8, 4) is 11.5 Å². The first-order valence-corrected chi connectivity index (χ1v) is 13.5. The molecule has 35 heavy (non-hydrogen) atoms. The van der Waals surface area contributed by atoms with Crippen molar-refractivity contribution in [2.45, 2.75) is 32.1 Å². The van der Waals surface area contributed by atoms with Gasteiger partial charge in [0.05, 0.1) is 23.7 Å². The molecule has 0 radical (unpaired) electrons. The molecule has 3 rings (SSSR count). The van der Waals surface area contributed by atoms with Gasteiger partial charge in [-0.05, 0) is 86.0 Å². The first kappa shape index (κ1) is 26.6. The van der Waals surface area contributed by atoms with Crippen molar-refractivity contribution in [3.63, 3.8) is 0 Å². The fraction of sp³-hybridized carbons (Fsp3) is 0.269. The summed E-state index contributed by atoms with van der Waals surface area (Å²) in [6.07, 6.45) is 0.873. The lowest BCUT2D eigenvalue weighted by atomic mass is 10.1. The van der Waals surface area contributed by atoms with E-state index in [9.17, 15) is 13.2 Å². The van der Waals surface area contributed by atoms with Crippen molar-refractivity contribution < 1.29 is 22.7 Å². The van der Waals surface area contributed by atoms with Crippen LogP contribution < -0.4 is 19.5 Å². The maximum Gasteiger partial charge on any atom is 0.261 e. The molecule has 0 unspecified atom stereocenters. The minimum Gasteiger partial charge on any atom is -0.494 e. The van der Waals surface area contributed by atoms with Gasteiger partial charge >= 0.3 is 0 Å². The Morgan fingerprint density at radius 1 is 0.943 bits per heavy atom. The van der Waals surface area contributed by atoms with Gasteiger partial charge in [-0.1, -0.05) is 29.8 Å². The monoisotopic (exact) mass is 560 g/mol. The number of rotatable bonds is 11. The lowest BCUT2D eigenvalue weighted by molar-refractivity contribution is 0.102. The second-order valence-corrected chi connectivity index (χ2v) is 10.8. The summed E-state index contributed by atoms with van der Waals surface area (Å²) in [5, 5.41) is 2.80. The SMILES string of the molecule is CCOc1ccc(NS(=O)(=O)c2ccc(NC(=O)c3cc(Br)ccc3OCCC(C)C)cc2)cc1. The van der Waals surface area contributed by atoms with E-state index in [1.165, 1.54) is 12.1 Å². The number of hydrogen-bond donors (Lipinski definition) is 2. The molecule has 2 N–H and O–H groups in total. The molecule has 0 aliphatic rings. The standard InChI is InChI=1S/C26H29BrN2O5S/c1-4-33-22-10-6-21(7-11-22)29-35(31,32)23-12-8-20(9-13-23)28-26(30)24-17-19(27)5-14-25(24)34-16-15-18(2)3/h5-14,17-18,29H,4,15-16H2,1-3H3,(H,28,30). The molecular weight excluding hydrogens is 532 g/mol. The first-order valence-electron chi connectivity index (χ1n) is 11.3. The number of ether oxygens (including phenoxy) is 2. The van der Waals surface area contributed by atoms with Crippen molar-refractivity contribution in [1.29, 1.82) is 0 Å². The molecule has 1 amide bonds. The lowest BCUT2D eigenvalue weighted by Gasteiger charge is -2.14. The van der Waals surface area contributed by atoms with Gasteiger partial charge in [0.15, 0.2) is 0 Å². The Kier molecular flexibility index (Phi) is 9.17. The molecule has 0 spiro atoms. The molecule has 0 aliphatic heterocycles. The van der Waals surface area contributed by atoms with Crippen molar-refractivity contribution in [3.05, 3.63) is 76.8 Å². The summed E-state index contributed by atoms with van der Waals surface area (Å²) in [6.45, 7) is 7.13. The maximum absolute atomic E-state index is 12.9. The van der Waals surface area contributed by atoms with E-state index in [1.807, 2.05) is 13.0 Å². The van der Waals surface area contributed by atoms with E-state index in [0.29, 0.717) is 47.6 Å². The van der Waals surface area contributed by atoms with Gasteiger partial charge in [0.1, 0.15) is 11.5 Å². The van der Waals surface area contributed by atoms with Crippen LogP contribution in [0.5, 0.6) is 11.5 Å². The Morgan fingerprint density at radius 3 is 2.23 bits per heavy atom. The minimum atomic E-state index is -3.80. The number of benzene rings is 3. The summed E-state index contributed by atoms with van der Waals surface area (Å²) in [5.74, 6) is 1.29. The largest absolute Gasteiger partial charge is 0.494 e. The zero-order valence-corrected chi connectivity index (χ0v) is 22.3. The summed E-state index contributed by atoms with van der Waals surface area (Å²) >= 11 is 3.40. The van der Waals surface area contributed by atoms with Crippen LogP contribution in [0.25, 0.3) is 0 Å². The van der Waals surface area contributed by atoms with Gasteiger partial charge in [0, 0.05) is 15.8 Å². The van der Waals surface area contributed by atoms with Gasteiger partial charge in [-0.25, -0.2) is 8.42 Å². The Morgan fingerprint density at radius 2 is 1.60 bits per heavy atom. The molecule has 0 fully saturated rings. The van der Waals surface area contributed by atoms with Gasteiger partial charge in [0.25, 0.3) is 15.9 Å². The molecule has 0 bridgehead atoms. The number of nitrogens with one attached hydrogen (secondary N) is 2. The second kappa shape index (κ2) is 12.1. The molecule has 186 valence electrons. The number of carbonyl (C=O) groups excluding carboxylic acids is 1. The minimum absolute atomic E-state index is 0.0737. The van der Waals surface area contributed by atoms with Crippen LogP contribution in [0.3, 0.4) is 0 Å². The Labute approximate surface area is 215 Å². The molecular formula is C26H29BrN2O5S. The van der Waals surface area contributed by atoms with Crippen LogP contribution in [0.2, 0.25) is 0 Å². The van der Waals surface area contributed by atoms with Crippen molar-refractivity contribution in [2.24, 2.45) is 5.92 Å². The van der Waals surface area contributed by atoms with E-state index >= 15 is 0 Å². The van der Waals surface area contributed by atoms with E-state index in [1.54, 1.807) is 48.5 Å². The summed E-state index contributed by atoms with van der Waals surface area (Å²) in [5.41, 5.74) is 1.27. The number of anilines is 2. The highest BCUT2D eigenvalue weighted by molar-refractivity contribution is 9.10. The Hall–Kier alpha value is -3.04. The van der Waals surface area contributed by atoms with Gasteiger partial charge in [-0.2, -0.15) is 0 Å². The zero-order chi connectivity index (χ0) is 25.4.